The van der Waals surface area contributed by atoms with Gasteiger partial charge in [-0.1, -0.05) is 49.6 Å². The predicted molar refractivity (Wildman–Crippen MR) is 125 cm³/mol. The van der Waals surface area contributed by atoms with E-state index < -0.39 is 12.1 Å². The van der Waals surface area contributed by atoms with E-state index in [4.69, 9.17) is 0 Å². The average Bonchev–Trinajstić information content (AvgIpc) is 3.21. The topological polar surface area (TPSA) is 117 Å². The molecule has 1 aliphatic heterocycles. The number of hydrogen-bond donors (Lipinski definition) is 3. The van der Waals surface area contributed by atoms with Gasteiger partial charge in [-0.3, -0.25) is 9.59 Å². The van der Waals surface area contributed by atoms with E-state index in [-0.39, 0.29) is 18.4 Å². The number of nitrogens with zero attached hydrogens (tertiary/aromatic N) is 1. The number of aliphatic hydroxyl groups excluding tert-OH is 1. The molecule has 3 N–H and O–H groups in total. The molecule has 12 heteroatoms. The lowest BCUT2D eigenvalue weighted by Gasteiger charge is -2.19. The second-order valence-electron chi connectivity index (χ2n) is 6.60. The Labute approximate surface area is 188 Å². The minimum atomic E-state index is -0.841. The highest BCUT2D eigenvalue weighted by molar-refractivity contribution is 8.77. The highest BCUT2D eigenvalue weighted by Gasteiger charge is 2.18. The first-order chi connectivity index (χ1) is 14.0. The SMILES string of the molecule is C[C@@H](O)[C@@H](CON=O)NC(=O)CCSSCCNC(=O)CCCC[C@@H]1CCSS1. The van der Waals surface area contributed by atoms with Crippen molar-refractivity contribution in [3.05, 3.63) is 4.91 Å². The van der Waals surface area contributed by atoms with E-state index in [9.17, 15) is 19.6 Å². The van der Waals surface area contributed by atoms with E-state index in [1.165, 1.54) is 25.5 Å². The molecule has 3 atom stereocenters. The molecule has 0 aromatic carbocycles. The van der Waals surface area contributed by atoms with Gasteiger partial charge in [0, 0.05) is 41.9 Å². The normalized spacial score (nSPS) is 18.1. The molecule has 8 nitrogen and oxygen atoms in total. The lowest BCUT2D eigenvalue weighted by Crippen LogP contribution is -2.45. The molecule has 1 saturated heterocycles. The molecular weight excluding hydrogens is 454 g/mol. The number of rotatable bonds is 17. The maximum atomic E-state index is 11.8. The van der Waals surface area contributed by atoms with Crippen molar-refractivity contribution in [1.29, 1.82) is 0 Å². The third-order valence-electron chi connectivity index (χ3n) is 4.15. The summed E-state index contributed by atoms with van der Waals surface area (Å²) in [5.41, 5.74) is 0. The van der Waals surface area contributed by atoms with Crippen LogP contribution in [0.4, 0.5) is 0 Å². The first-order valence-corrected chi connectivity index (χ1v) is 14.6. The molecule has 0 radical (unpaired) electrons. The number of aliphatic hydroxyl groups is 1. The molecule has 29 heavy (non-hydrogen) atoms. The molecule has 0 saturated carbocycles. The van der Waals surface area contributed by atoms with Crippen molar-refractivity contribution in [3.63, 3.8) is 0 Å². The Kier molecular flexibility index (Phi) is 16.0. The third-order valence-corrected chi connectivity index (χ3v) is 9.56. The summed E-state index contributed by atoms with van der Waals surface area (Å²) in [5, 5.41) is 18.1. The zero-order chi connectivity index (χ0) is 21.3. The van der Waals surface area contributed by atoms with Crippen LogP contribution in [0.2, 0.25) is 0 Å². The summed E-state index contributed by atoms with van der Waals surface area (Å²) < 4.78 is 0. The summed E-state index contributed by atoms with van der Waals surface area (Å²) in [4.78, 5) is 38.0. The monoisotopic (exact) mass is 485 g/mol. The number of amides is 2. The van der Waals surface area contributed by atoms with Gasteiger partial charge in [0.15, 0.2) is 5.34 Å². The third kappa shape index (κ3) is 14.4. The van der Waals surface area contributed by atoms with Crippen LogP contribution in [-0.4, -0.2) is 64.7 Å². The van der Waals surface area contributed by atoms with Gasteiger partial charge in [0.1, 0.15) is 6.61 Å². The van der Waals surface area contributed by atoms with Crippen molar-refractivity contribution in [2.75, 3.05) is 30.4 Å². The van der Waals surface area contributed by atoms with Gasteiger partial charge in [-0.2, -0.15) is 0 Å². The van der Waals surface area contributed by atoms with Gasteiger partial charge < -0.3 is 20.6 Å². The average molecular weight is 486 g/mol. The molecule has 168 valence electrons. The van der Waals surface area contributed by atoms with Crippen LogP contribution in [-0.2, 0) is 14.4 Å². The zero-order valence-corrected chi connectivity index (χ0v) is 19.9. The summed E-state index contributed by atoms with van der Waals surface area (Å²) in [7, 11) is 7.11. The Morgan fingerprint density at radius 3 is 2.72 bits per heavy atom. The summed E-state index contributed by atoms with van der Waals surface area (Å²) in [6.07, 6.45) is 4.62. The van der Waals surface area contributed by atoms with Crippen LogP contribution in [0.1, 0.15) is 45.4 Å². The standard InChI is InChI=1S/C17H31N3O5S4/c1-13(21)15(12-25-20-24)19-17(23)7-10-26-27-11-8-18-16(22)5-3-2-4-14-6-9-28-29-14/h13-15,21H,2-12H2,1H3,(H,18,22)(H,19,23)/t13-,14-,15-/m1/s1. The smallest absolute Gasteiger partial charge is 0.221 e. The van der Waals surface area contributed by atoms with Gasteiger partial charge in [0.2, 0.25) is 11.8 Å². The molecular formula is C17H31N3O5S4. The number of unbranched alkanes of at least 4 members (excludes halogenated alkanes) is 1. The molecule has 1 fully saturated rings. The lowest BCUT2D eigenvalue weighted by atomic mass is 10.1. The first-order valence-electron chi connectivity index (χ1n) is 9.74. The fourth-order valence-corrected chi connectivity index (χ4v) is 7.41. The van der Waals surface area contributed by atoms with Crippen LogP contribution < -0.4 is 10.6 Å². The van der Waals surface area contributed by atoms with Gasteiger partial charge >= 0.3 is 0 Å². The van der Waals surface area contributed by atoms with E-state index in [0.29, 0.717) is 25.1 Å². The summed E-state index contributed by atoms with van der Waals surface area (Å²) in [6.45, 7) is 1.97. The Hall–Kier alpha value is -0.300. The molecule has 1 rings (SSSR count). The van der Waals surface area contributed by atoms with Crippen LogP contribution in [0, 0.1) is 4.91 Å². The van der Waals surface area contributed by atoms with Crippen molar-refractivity contribution in [1.82, 2.24) is 10.6 Å². The van der Waals surface area contributed by atoms with E-state index in [0.717, 1.165) is 23.8 Å². The number of carbonyl (C=O) groups excluding carboxylic acids is 2. The highest BCUT2D eigenvalue weighted by Crippen LogP contribution is 2.39. The van der Waals surface area contributed by atoms with E-state index in [2.05, 4.69) is 20.8 Å². The first kappa shape index (κ1) is 26.7. The molecule has 0 aliphatic carbocycles. The number of hydrogen-bond acceptors (Lipinski definition) is 10. The molecule has 1 aliphatic rings. The van der Waals surface area contributed by atoms with Crippen molar-refractivity contribution in [2.24, 2.45) is 5.34 Å². The summed E-state index contributed by atoms with van der Waals surface area (Å²) in [5.74, 6) is 2.54. The van der Waals surface area contributed by atoms with E-state index >= 15 is 0 Å². The Morgan fingerprint density at radius 2 is 2.03 bits per heavy atom. The lowest BCUT2D eigenvalue weighted by molar-refractivity contribution is -0.123. The van der Waals surface area contributed by atoms with Crippen LogP contribution in [0.25, 0.3) is 0 Å². The highest BCUT2D eigenvalue weighted by atomic mass is 33.1. The summed E-state index contributed by atoms with van der Waals surface area (Å²) in [6, 6.07) is -0.663. The van der Waals surface area contributed by atoms with Crippen LogP contribution in [0.5, 0.6) is 0 Å². The molecule has 1 heterocycles. The second-order valence-corrected chi connectivity index (χ2v) is 12.1. The fourth-order valence-electron chi connectivity index (χ4n) is 2.49. The maximum Gasteiger partial charge on any atom is 0.221 e. The number of nitrogens with one attached hydrogen (secondary N) is 2. The zero-order valence-electron chi connectivity index (χ0n) is 16.7. The van der Waals surface area contributed by atoms with Gasteiger partial charge in [0.05, 0.1) is 12.1 Å². The van der Waals surface area contributed by atoms with Gasteiger partial charge in [-0.15, -0.1) is 4.91 Å². The fraction of sp³-hybridized carbons (Fsp3) is 0.882. The van der Waals surface area contributed by atoms with Crippen LogP contribution in [0.15, 0.2) is 5.34 Å². The number of carbonyl (C=O) groups is 2. The minimum Gasteiger partial charge on any atom is -0.391 e. The molecule has 2 amide bonds. The van der Waals surface area contributed by atoms with E-state index in [1.807, 2.05) is 21.6 Å². The Bertz CT molecular complexity index is 482. The van der Waals surface area contributed by atoms with Gasteiger partial charge in [0.25, 0.3) is 0 Å². The largest absolute Gasteiger partial charge is 0.391 e. The molecule has 0 unspecified atom stereocenters. The van der Waals surface area contributed by atoms with Crippen molar-refractivity contribution in [2.45, 2.75) is 62.8 Å². The van der Waals surface area contributed by atoms with Gasteiger partial charge in [-0.05, 0) is 26.2 Å². The molecule has 0 bridgehead atoms. The van der Waals surface area contributed by atoms with Crippen molar-refractivity contribution < 1.29 is 19.5 Å². The predicted octanol–water partition coefficient (Wildman–Crippen LogP) is 3.15. The van der Waals surface area contributed by atoms with Crippen LogP contribution in [0.3, 0.4) is 0 Å². The molecule has 0 aromatic heterocycles. The quantitative estimate of drug-likeness (QED) is 0.124. The molecule has 0 aromatic rings. The molecule has 0 spiro atoms. The van der Waals surface area contributed by atoms with Crippen LogP contribution >= 0.6 is 43.2 Å². The van der Waals surface area contributed by atoms with Gasteiger partial charge in [-0.25, -0.2) is 0 Å². The Morgan fingerprint density at radius 1 is 1.24 bits per heavy atom. The van der Waals surface area contributed by atoms with Crippen molar-refractivity contribution >= 4 is 55.0 Å². The van der Waals surface area contributed by atoms with Crippen molar-refractivity contribution in [3.8, 4) is 0 Å². The van der Waals surface area contributed by atoms with E-state index in [1.54, 1.807) is 21.6 Å². The second kappa shape index (κ2) is 17.4. The Balaban J connectivity index is 1.93. The maximum absolute atomic E-state index is 11.8. The summed E-state index contributed by atoms with van der Waals surface area (Å²) >= 11 is 0. The minimum absolute atomic E-state index is 0.111.